The number of ether oxygens (including phenoxy) is 1. The highest BCUT2D eigenvalue weighted by Gasteiger charge is 2.36. The van der Waals surface area contributed by atoms with Gasteiger partial charge in [0.15, 0.2) is 0 Å². The summed E-state index contributed by atoms with van der Waals surface area (Å²) in [6.45, 7) is 28.8. The van der Waals surface area contributed by atoms with Crippen LogP contribution in [0.25, 0.3) is 39.0 Å². The highest BCUT2D eigenvalue weighted by atomic mass is 16.5. The van der Waals surface area contributed by atoms with Crippen molar-refractivity contribution in [1.29, 1.82) is 0 Å². The summed E-state index contributed by atoms with van der Waals surface area (Å²) >= 11 is 0. The molecule has 2 unspecified atom stereocenters. The van der Waals surface area contributed by atoms with Crippen molar-refractivity contribution in [2.24, 2.45) is 11.8 Å². The number of para-hydroxylation sites is 2. The standard InChI is InChI=1S/C30H33N.C19H18O.C18H20/c1-7-8-11-21(3)22(4)24-12-9-10-13-29(24)31-23-15-17-26-25-16-14-20(2)18-27(25)30(5,6)28(26)19-23;1-14-9-11-16(12-10-14)18-8-5-7-17-15(2)6-3-4-13-20-19(17)18;1-4-7-13-10-11-15-14-8-5-6-9-16(14)18(2,3)17(15)12-13/h7-10,12-19,21,31H,4,11H2,1-3,5-6H3;3-9,11-14H,2,10H2,1H3;5-6,8-12H,4,7H2,1-3H3/b8-7-;6-3-,13-4-;. The van der Waals surface area contributed by atoms with Gasteiger partial charge in [0.25, 0.3) is 0 Å². The predicted octanol–water partition coefficient (Wildman–Crippen LogP) is 18.7. The number of aryl methyl sites for hydroxylation is 2. The van der Waals surface area contributed by atoms with Crippen molar-refractivity contribution < 1.29 is 4.74 Å². The summed E-state index contributed by atoms with van der Waals surface area (Å²) in [5.41, 5.74) is 23.2. The van der Waals surface area contributed by atoms with E-state index >= 15 is 0 Å². The molecular weight excluding hydrogens is 835 g/mol. The van der Waals surface area contributed by atoms with Gasteiger partial charge < -0.3 is 10.1 Å². The van der Waals surface area contributed by atoms with Crippen LogP contribution in [0.2, 0.25) is 0 Å². The van der Waals surface area contributed by atoms with Crippen LogP contribution in [0.15, 0.2) is 189 Å². The molecular formula is C67H71NO. The molecule has 0 radical (unpaired) electrons. The molecule has 3 aliphatic carbocycles. The van der Waals surface area contributed by atoms with Gasteiger partial charge in [-0.2, -0.15) is 0 Å². The number of hydrogen-bond donors (Lipinski definition) is 1. The van der Waals surface area contributed by atoms with Crippen molar-refractivity contribution >= 4 is 28.1 Å². The number of anilines is 2. The van der Waals surface area contributed by atoms with Gasteiger partial charge in [-0.1, -0.05) is 219 Å². The molecule has 0 saturated heterocycles. The lowest BCUT2D eigenvalue weighted by molar-refractivity contribution is 0.478. The molecule has 2 nitrogen and oxygen atoms in total. The van der Waals surface area contributed by atoms with E-state index in [0.29, 0.717) is 11.8 Å². The monoisotopic (exact) mass is 906 g/mol. The van der Waals surface area contributed by atoms with Gasteiger partial charge in [0.1, 0.15) is 5.75 Å². The molecule has 2 atom stereocenters. The third-order valence-electron chi connectivity index (χ3n) is 14.5. The van der Waals surface area contributed by atoms with Crippen molar-refractivity contribution in [2.45, 2.75) is 98.8 Å². The van der Waals surface area contributed by atoms with E-state index in [1.807, 2.05) is 18.2 Å². The molecule has 0 bridgehead atoms. The minimum Gasteiger partial charge on any atom is -0.464 e. The summed E-state index contributed by atoms with van der Waals surface area (Å²) in [5.74, 6) is 1.90. The van der Waals surface area contributed by atoms with E-state index in [-0.39, 0.29) is 10.8 Å². The Labute approximate surface area is 414 Å². The van der Waals surface area contributed by atoms with E-state index in [0.717, 1.165) is 46.7 Å². The number of rotatable bonds is 9. The SMILES string of the molecule is C=C(c1ccccc1Nc1ccc2c(c1)C(C)(C)c1cc(C)ccc1-2)C(C)C/C=C\C.C=C1/C=C\C=C/Oc2c1cccc2C1=CCC(C)C=C1.CCCc1ccc2c(c1)C(C)(C)c1ccccc1-2. The van der Waals surface area contributed by atoms with Gasteiger partial charge in [-0.15, -0.1) is 0 Å². The Kier molecular flexibility index (Phi) is 14.6. The second kappa shape index (κ2) is 20.8. The highest BCUT2D eigenvalue weighted by molar-refractivity contribution is 5.87. The molecule has 0 amide bonds. The van der Waals surface area contributed by atoms with Crippen LogP contribution in [0, 0.1) is 18.8 Å². The Morgan fingerprint density at radius 1 is 0.739 bits per heavy atom. The Morgan fingerprint density at radius 2 is 1.39 bits per heavy atom. The van der Waals surface area contributed by atoms with Gasteiger partial charge in [-0.3, -0.25) is 0 Å². The quantitative estimate of drug-likeness (QED) is 0.146. The number of benzene rings is 6. The van der Waals surface area contributed by atoms with Crippen molar-refractivity contribution in [3.8, 4) is 28.0 Å². The molecule has 2 heteroatoms. The van der Waals surface area contributed by atoms with Gasteiger partial charge in [0, 0.05) is 38.9 Å². The molecule has 69 heavy (non-hydrogen) atoms. The normalized spacial score (nSPS) is 17.6. The highest BCUT2D eigenvalue weighted by Crippen LogP contribution is 2.51. The number of allylic oxidation sites excluding steroid dienone is 11. The Morgan fingerprint density at radius 3 is 2.14 bits per heavy atom. The zero-order valence-corrected chi connectivity index (χ0v) is 42.5. The van der Waals surface area contributed by atoms with Crippen LogP contribution >= 0.6 is 0 Å². The first-order chi connectivity index (χ1) is 33.2. The molecule has 1 N–H and O–H groups in total. The van der Waals surface area contributed by atoms with Crippen LogP contribution in [0.4, 0.5) is 11.4 Å². The number of fused-ring (bicyclic) bond motifs is 7. The summed E-state index contributed by atoms with van der Waals surface area (Å²) in [7, 11) is 0. The van der Waals surface area contributed by atoms with Crippen molar-refractivity contribution in [1.82, 2.24) is 0 Å². The molecule has 0 aromatic heterocycles. The third kappa shape index (κ3) is 10.1. The Bertz CT molecular complexity index is 3050. The average Bonchev–Trinajstić information content (AvgIpc) is 3.71. The lowest BCUT2D eigenvalue weighted by Crippen LogP contribution is -2.15. The third-order valence-corrected chi connectivity index (χ3v) is 14.5. The van der Waals surface area contributed by atoms with Crippen LogP contribution in [0.5, 0.6) is 5.75 Å². The lowest BCUT2D eigenvalue weighted by atomic mass is 9.82. The predicted molar refractivity (Wildman–Crippen MR) is 299 cm³/mol. The van der Waals surface area contributed by atoms with Gasteiger partial charge in [-0.05, 0) is 136 Å². The fourth-order valence-electron chi connectivity index (χ4n) is 10.4. The molecule has 6 aromatic rings. The minimum atomic E-state index is -0.00149. The average molecular weight is 906 g/mol. The van der Waals surface area contributed by atoms with Crippen LogP contribution < -0.4 is 10.1 Å². The summed E-state index contributed by atoms with van der Waals surface area (Å²) in [5, 5.41) is 3.69. The molecule has 4 aliphatic rings. The molecule has 6 aromatic carbocycles. The lowest BCUT2D eigenvalue weighted by Gasteiger charge is -2.23. The van der Waals surface area contributed by atoms with E-state index in [9.17, 15) is 0 Å². The van der Waals surface area contributed by atoms with E-state index in [4.69, 9.17) is 4.74 Å². The second-order valence-electron chi connectivity index (χ2n) is 20.4. The van der Waals surface area contributed by atoms with Crippen molar-refractivity contribution in [3.05, 3.63) is 239 Å². The molecule has 0 saturated carbocycles. The smallest absolute Gasteiger partial charge is 0.142 e. The van der Waals surface area contributed by atoms with Crippen LogP contribution in [0.1, 0.15) is 125 Å². The Balaban J connectivity index is 0.000000147. The molecule has 1 heterocycles. The summed E-state index contributed by atoms with van der Waals surface area (Å²) in [6, 6.07) is 44.2. The van der Waals surface area contributed by atoms with Gasteiger partial charge in [-0.25, -0.2) is 0 Å². The molecule has 1 aliphatic heterocycles. The van der Waals surface area contributed by atoms with Gasteiger partial charge in [0.05, 0.1) is 6.26 Å². The van der Waals surface area contributed by atoms with Crippen molar-refractivity contribution in [3.63, 3.8) is 0 Å². The van der Waals surface area contributed by atoms with E-state index in [2.05, 4.69) is 232 Å². The zero-order chi connectivity index (χ0) is 48.9. The molecule has 0 spiro atoms. The minimum absolute atomic E-state index is 0.00149. The maximum atomic E-state index is 5.84. The maximum absolute atomic E-state index is 5.84. The first kappa shape index (κ1) is 48.6. The largest absolute Gasteiger partial charge is 0.464 e. The molecule has 350 valence electrons. The second-order valence-corrected chi connectivity index (χ2v) is 20.4. The van der Waals surface area contributed by atoms with Gasteiger partial charge >= 0.3 is 0 Å². The van der Waals surface area contributed by atoms with E-state index in [1.54, 1.807) is 6.26 Å². The number of nitrogens with one attached hydrogen (secondary N) is 1. The summed E-state index contributed by atoms with van der Waals surface area (Å²) in [6.07, 6.45) is 23.1. The Hall–Kier alpha value is -6.90. The van der Waals surface area contributed by atoms with Crippen molar-refractivity contribution in [2.75, 3.05) is 5.32 Å². The van der Waals surface area contributed by atoms with E-state index in [1.165, 1.54) is 85.2 Å². The summed E-state index contributed by atoms with van der Waals surface area (Å²) < 4.78 is 5.84. The number of hydrogen-bond acceptors (Lipinski definition) is 2. The van der Waals surface area contributed by atoms with Crippen LogP contribution in [-0.4, -0.2) is 0 Å². The zero-order valence-electron chi connectivity index (χ0n) is 42.5. The maximum Gasteiger partial charge on any atom is 0.142 e. The van der Waals surface area contributed by atoms with Crippen LogP contribution in [-0.2, 0) is 17.3 Å². The topological polar surface area (TPSA) is 21.3 Å². The van der Waals surface area contributed by atoms with E-state index < -0.39 is 0 Å². The first-order valence-electron chi connectivity index (χ1n) is 25.1. The van der Waals surface area contributed by atoms with Crippen LogP contribution in [0.3, 0.4) is 0 Å². The fourth-order valence-corrected chi connectivity index (χ4v) is 10.4. The first-order valence-corrected chi connectivity index (χ1v) is 25.1. The fraction of sp³-hybridized carbons (Fsp3) is 0.254. The summed E-state index contributed by atoms with van der Waals surface area (Å²) in [4.78, 5) is 0. The van der Waals surface area contributed by atoms with Gasteiger partial charge in [0.2, 0.25) is 0 Å². The molecule has 0 fully saturated rings. The molecule has 10 rings (SSSR count).